The van der Waals surface area contributed by atoms with Gasteiger partial charge in [-0.15, -0.1) is 11.3 Å². The molecule has 0 atom stereocenters. The Balaban J connectivity index is 1.55. The van der Waals surface area contributed by atoms with E-state index in [1.165, 1.54) is 29.5 Å². The Labute approximate surface area is 194 Å². The van der Waals surface area contributed by atoms with Gasteiger partial charge in [0.25, 0.3) is 5.91 Å². The number of nitro groups is 1. The Morgan fingerprint density at radius 1 is 1.29 bits per heavy atom. The smallest absolute Gasteiger partial charge is 0.310 e. The summed E-state index contributed by atoms with van der Waals surface area (Å²) in [7, 11) is 1.59. The molecule has 0 fully saturated rings. The summed E-state index contributed by atoms with van der Waals surface area (Å²) in [6.45, 7) is -0.435. The molecule has 2 N–H and O–H groups in total. The highest BCUT2D eigenvalue weighted by Gasteiger charge is 2.16. The molecule has 1 amide bonds. The van der Waals surface area contributed by atoms with Crippen molar-refractivity contribution in [1.82, 2.24) is 10.3 Å². The van der Waals surface area contributed by atoms with E-state index in [0.29, 0.717) is 10.9 Å². The highest BCUT2D eigenvalue weighted by molar-refractivity contribution is 9.10. The fraction of sp³-hybridized carbons (Fsp3) is 0.105. The number of hydrogen-bond donors (Lipinski definition) is 2. The van der Waals surface area contributed by atoms with Crippen molar-refractivity contribution in [1.29, 1.82) is 0 Å². The molecule has 0 bridgehead atoms. The van der Waals surface area contributed by atoms with Crippen molar-refractivity contribution in [2.45, 2.75) is 0 Å². The number of benzene rings is 2. The number of aromatic nitrogens is 1. The number of thiocarbonyl (C=S) groups is 1. The van der Waals surface area contributed by atoms with Gasteiger partial charge in [-0.05, 0) is 52.4 Å². The summed E-state index contributed by atoms with van der Waals surface area (Å²) in [5, 5.41) is 18.6. The molecule has 0 saturated heterocycles. The lowest BCUT2D eigenvalue weighted by Gasteiger charge is -2.09. The fourth-order valence-corrected chi connectivity index (χ4v) is 3.99. The predicted molar refractivity (Wildman–Crippen MR) is 125 cm³/mol. The van der Waals surface area contributed by atoms with E-state index in [1.807, 2.05) is 23.6 Å². The molecule has 1 aromatic heterocycles. The minimum atomic E-state index is -0.583. The molecule has 1 heterocycles. The monoisotopic (exact) mass is 522 g/mol. The average molecular weight is 523 g/mol. The van der Waals surface area contributed by atoms with Crippen molar-refractivity contribution in [3.63, 3.8) is 0 Å². The lowest BCUT2D eigenvalue weighted by Crippen LogP contribution is -2.37. The number of halogens is 1. The molecule has 0 aliphatic rings. The largest absolute Gasteiger partial charge is 0.496 e. The van der Waals surface area contributed by atoms with Crippen LogP contribution in [0.2, 0.25) is 0 Å². The zero-order valence-corrected chi connectivity index (χ0v) is 19.2. The Hall–Kier alpha value is -3.09. The number of para-hydroxylation sites is 2. The molecule has 0 aliphatic carbocycles. The quantitative estimate of drug-likeness (QED) is 0.266. The van der Waals surface area contributed by atoms with Crippen LogP contribution in [-0.4, -0.2) is 34.6 Å². The second-order valence-corrected chi connectivity index (χ2v) is 8.02. The number of amides is 1. The van der Waals surface area contributed by atoms with Crippen molar-refractivity contribution in [2.24, 2.45) is 0 Å². The van der Waals surface area contributed by atoms with E-state index < -0.39 is 17.4 Å². The maximum Gasteiger partial charge on any atom is 0.310 e. The van der Waals surface area contributed by atoms with Crippen LogP contribution >= 0.6 is 39.5 Å². The number of nitro benzene ring substituents is 1. The minimum Gasteiger partial charge on any atom is -0.496 e. The van der Waals surface area contributed by atoms with Gasteiger partial charge in [0.1, 0.15) is 5.75 Å². The van der Waals surface area contributed by atoms with Gasteiger partial charge < -0.3 is 14.8 Å². The van der Waals surface area contributed by atoms with E-state index in [4.69, 9.17) is 21.7 Å². The summed E-state index contributed by atoms with van der Waals surface area (Å²) >= 11 is 9.88. The number of carbonyl (C=O) groups excluding carboxylic acids is 1. The van der Waals surface area contributed by atoms with Crippen LogP contribution in [-0.2, 0) is 4.79 Å². The minimum absolute atomic E-state index is 0.00301. The topological polar surface area (TPSA) is 116 Å². The molecule has 12 heteroatoms. The van der Waals surface area contributed by atoms with E-state index in [2.05, 4.69) is 31.5 Å². The van der Waals surface area contributed by atoms with Crippen LogP contribution in [0.5, 0.6) is 11.5 Å². The van der Waals surface area contributed by atoms with Gasteiger partial charge in [-0.3, -0.25) is 20.2 Å². The van der Waals surface area contributed by atoms with E-state index in [-0.39, 0.29) is 16.5 Å². The number of ether oxygens (including phenoxy) is 2. The molecule has 0 spiro atoms. The van der Waals surface area contributed by atoms with Crippen LogP contribution in [0, 0.1) is 10.1 Å². The number of nitrogens with one attached hydrogen (secondary N) is 2. The molecule has 0 radical (unpaired) electrons. The highest BCUT2D eigenvalue weighted by Crippen LogP contribution is 2.32. The molecule has 3 aromatic rings. The normalized spacial score (nSPS) is 10.3. The van der Waals surface area contributed by atoms with Gasteiger partial charge in [-0.25, -0.2) is 4.98 Å². The molecular formula is C19H15BrN4O5S2. The summed E-state index contributed by atoms with van der Waals surface area (Å²) in [5.74, 6) is 0.146. The number of carbonyl (C=O) groups is 1. The first-order chi connectivity index (χ1) is 14.9. The van der Waals surface area contributed by atoms with Crippen LogP contribution in [0.3, 0.4) is 0 Å². The lowest BCUT2D eigenvalue weighted by molar-refractivity contribution is -0.385. The summed E-state index contributed by atoms with van der Waals surface area (Å²) in [6, 6.07) is 11.4. The molecule has 0 saturated carbocycles. The third-order valence-electron chi connectivity index (χ3n) is 3.85. The number of anilines is 1. The number of methoxy groups -OCH3 is 1. The molecular weight excluding hydrogens is 508 g/mol. The van der Waals surface area contributed by atoms with E-state index >= 15 is 0 Å². The fourth-order valence-electron chi connectivity index (χ4n) is 2.45. The first-order valence-corrected chi connectivity index (χ1v) is 10.7. The first-order valence-electron chi connectivity index (χ1n) is 8.64. The van der Waals surface area contributed by atoms with E-state index in [1.54, 1.807) is 13.2 Å². The summed E-state index contributed by atoms with van der Waals surface area (Å²) in [6.07, 6.45) is 0. The SMILES string of the molecule is COc1ccc(-c2csc(NC(=S)NC(=O)COc3ccccc3[N+](=O)[O-])n2)cc1Br. The van der Waals surface area contributed by atoms with Crippen LogP contribution in [0.1, 0.15) is 0 Å². The molecule has 0 unspecified atom stereocenters. The molecule has 3 rings (SSSR count). The summed E-state index contributed by atoms with van der Waals surface area (Å²) < 4.78 is 11.3. The van der Waals surface area contributed by atoms with Crippen LogP contribution < -0.4 is 20.1 Å². The number of thiazole rings is 1. The van der Waals surface area contributed by atoms with Crippen LogP contribution in [0.15, 0.2) is 52.3 Å². The van der Waals surface area contributed by atoms with Gasteiger partial charge in [-0.1, -0.05) is 12.1 Å². The standard InChI is InChI=1S/C19H15BrN4O5S2/c1-28-15-7-6-11(8-12(15)20)13-10-31-19(21-13)23-18(30)22-17(25)9-29-16-5-3-2-4-14(16)24(26)27/h2-8,10H,9H2,1H3,(H2,21,22,23,25,30). The Morgan fingerprint density at radius 3 is 2.77 bits per heavy atom. The van der Waals surface area contributed by atoms with Gasteiger partial charge in [0.15, 0.2) is 22.6 Å². The second-order valence-electron chi connectivity index (χ2n) is 5.90. The second kappa shape index (κ2) is 10.3. The van der Waals surface area contributed by atoms with Gasteiger partial charge in [0.2, 0.25) is 0 Å². The molecule has 160 valence electrons. The number of hydrogen-bond acceptors (Lipinski definition) is 8. The van der Waals surface area contributed by atoms with Crippen molar-refractivity contribution in [3.05, 3.63) is 62.4 Å². The zero-order chi connectivity index (χ0) is 22.4. The number of nitrogens with zero attached hydrogens (tertiary/aromatic N) is 2. The van der Waals surface area contributed by atoms with E-state index in [9.17, 15) is 14.9 Å². The van der Waals surface area contributed by atoms with Crippen molar-refractivity contribution >= 4 is 61.3 Å². The van der Waals surface area contributed by atoms with Gasteiger partial charge in [0.05, 0.1) is 22.2 Å². The van der Waals surface area contributed by atoms with Gasteiger partial charge >= 0.3 is 5.69 Å². The Morgan fingerprint density at radius 2 is 2.06 bits per heavy atom. The number of rotatable bonds is 7. The van der Waals surface area contributed by atoms with Gasteiger partial charge in [0, 0.05) is 17.0 Å². The third kappa shape index (κ3) is 5.96. The lowest BCUT2D eigenvalue weighted by atomic mass is 10.2. The predicted octanol–water partition coefficient (Wildman–Crippen LogP) is 4.38. The average Bonchev–Trinajstić information content (AvgIpc) is 3.20. The third-order valence-corrected chi connectivity index (χ3v) is 5.43. The van der Waals surface area contributed by atoms with Gasteiger partial charge in [-0.2, -0.15) is 0 Å². The summed E-state index contributed by atoms with van der Waals surface area (Å²) in [4.78, 5) is 26.9. The Bertz CT molecular complexity index is 1140. The molecule has 31 heavy (non-hydrogen) atoms. The van der Waals surface area contributed by atoms with Crippen molar-refractivity contribution in [2.75, 3.05) is 19.0 Å². The maximum atomic E-state index is 12.1. The van der Waals surface area contributed by atoms with Crippen molar-refractivity contribution < 1.29 is 19.2 Å². The zero-order valence-electron chi connectivity index (χ0n) is 16.0. The highest BCUT2D eigenvalue weighted by atomic mass is 79.9. The first kappa shape index (κ1) is 22.6. The summed E-state index contributed by atoms with van der Waals surface area (Å²) in [5.41, 5.74) is 1.38. The molecule has 9 nitrogen and oxygen atoms in total. The molecule has 0 aliphatic heterocycles. The van der Waals surface area contributed by atoms with Crippen LogP contribution in [0.25, 0.3) is 11.3 Å². The van der Waals surface area contributed by atoms with Crippen LogP contribution in [0.4, 0.5) is 10.8 Å². The Kier molecular flexibility index (Phi) is 7.50. The molecule has 2 aromatic carbocycles. The van der Waals surface area contributed by atoms with Crippen molar-refractivity contribution in [3.8, 4) is 22.8 Å². The van der Waals surface area contributed by atoms with E-state index in [0.717, 1.165) is 15.7 Å². The maximum absolute atomic E-state index is 12.1.